The summed E-state index contributed by atoms with van der Waals surface area (Å²) in [6, 6.07) is 7.44. The molecule has 5 nitrogen and oxygen atoms in total. The minimum atomic E-state index is -0.849. The Balaban J connectivity index is 1.91. The van der Waals surface area contributed by atoms with Gasteiger partial charge in [0.25, 0.3) is 0 Å². The molecule has 1 aromatic carbocycles. The second-order valence-corrected chi connectivity index (χ2v) is 6.14. The summed E-state index contributed by atoms with van der Waals surface area (Å²) < 4.78 is 0.942. The van der Waals surface area contributed by atoms with Crippen LogP contribution in [0.5, 0.6) is 0 Å². The van der Waals surface area contributed by atoms with Crippen molar-refractivity contribution < 1.29 is 14.7 Å². The van der Waals surface area contributed by atoms with Gasteiger partial charge in [-0.25, -0.2) is 4.79 Å². The molecular formula is C14H17BrN2O3. The molecule has 0 radical (unpaired) electrons. The molecule has 1 aromatic rings. The van der Waals surface area contributed by atoms with Gasteiger partial charge in [-0.2, -0.15) is 0 Å². The van der Waals surface area contributed by atoms with E-state index in [4.69, 9.17) is 5.11 Å². The third kappa shape index (κ3) is 3.12. The van der Waals surface area contributed by atoms with Crippen LogP contribution in [-0.4, -0.2) is 35.1 Å². The van der Waals surface area contributed by atoms with Crippen LogP contribution in [-0.2, 0) is 11.3 Å². The number of nitrogens with one attached hydrogen (secondary N) is 1. The molecule has 1 aliphatic heterocycles. The van der Waals surface area contributed by atoms with Crippen molar-refractivity contribution in [1.82, 2.24) is 10.2 Å². The summed E-state index contributed by atoms with van der Waals surface area (Å²) in [4.78, 5) is 24.8. The van der Waals surface area contributed by atoms with Crippen LogP contribution in [0, 0.1) is 5.41 Å². The maximum absolute atomic E-state index is 12.0. The van der Waals surface area contributed by atoms with Gasteiger partial charge in [-0.3, -0.25) is 4.79 Å². The molecule has 0 bridgehead atoms. The number of urea groups is 1. The number of hydrogen-bond acceptors (Lipinski definition) is 2. The van der Waals surface area contributed by atoms with Gasteiger partial charge in [0.05, 0.1) is 5.41 Å². The number of hydrogen-bond donors (Lipinski definition) is 2. The summed E-state index contributed by atoms with van der Waals surface area (Å²) in [5, 5.41) is 12.0. The van der Waals surface area contributed by atoms with Gasteiger partial charge in [-0.1, -0.05) is 34.1 Å². The summed E-state index contributed by atoms with van der Waals surface area (Å²) in [5.41, 5.74) is 0.158. The average molecular weight is 341 g/mol. The van der Waals surface area contributed by atoms with Gasteiger partial charge < -0.3 is 15.3 Å². The number of aliphatic carboxylic acids is 1. The third-order valence-corrected chi connectivity index (χ3v) is 4.44. The molecule has 20 heavy (non-hydrogen) atoms. The van der Waals surface area contributed by atoms with E-state index in [9.17, 15) is 9.59 Å². The smallest absolute Gasteiger partial charge is 0.317 e. The molecule has 0 saturated carbocycles. The second-order valence-electron chi connectivity index (χ2n) is 5.29. The average Bonchev–Trinajstić information content (AvgIpc) is 2.82. The van der Waals surface area contributed by atoms with Crippen molar-refractivity contribution in [2.45, 2.75) is 19.9 Å². The van der Waals surface area contributed by atoms with Crippen molar-refractivity contribution in [1.29, 1.82) is 0 Å². The van der Waals surface area contributed by atoms with E-state index in [0.717, 1.165) is 10.0 Å². The number of carbonyl (C=O) groups excluding carboxylic acids is 1. The molecule has 1 atom stereocenters. The topological polar surface area (TPSA) is 69.6 Å². The number of benzene rings is 1. The van der Waals surface area contributed by atoms with Crippen molar-refractivity contribution in [2.75, 3.05) is 13.1 Å². The monoisotopic (exact) mass is 340 g/mol. The zero-order valence-electron chi connectivity index (χ0n) is 11.2. The summed E-state index contributed by atoms with van der Waals surface area (Å²) in [7, 11) is 0. The molecule has 1 saturated heterocycles. The fraction of sp³-hybridized carbons (Fsp3) is 0.429. The summed E-state index contributed by atoms with van der Waals surface area (Å²) >= 11 is 3.42. The minimum absolute atomic E-state index is 0.217. The van der Waals surface area contributed by atoms with Crippen LogP contribution in [0.2, 0.25) is 0 Å². The van der Waals surface area contributed by atoms with Crippen LogP contribution >= 0.6 is 15.9 Å². The SMILES string of the molecule is CC1(C(=O)O)CCN(C(=O)NCc2ccccc2Br)C1. The highest BCUT2D eigenvalue weighted by molar-refractivity contribution is 9.10. The highest BCUT2D eigenvalue weighted by Gasteiger charge is 2.42. The van der Waals surface area contributed by atoms with E-state index >= 15 is 0 Å². The van der Waals surface area contributed by atoms with Gasteiger partial charge >= 0.3 is 12.0 Å². The molecule has 0 spiro atoms. The zero-order chi connectivity index (χ0) is 14.8. The molecule has 0 aromatic heterocycles. The van der Waals surface area contributed by atoms with Gasteiger partial charge in [0.15, 0.2) is 0 Å². The summed E-state index contributed by atoms with van der Waals surface area (Å²) in [5.74, 6) is -0.849. The van der Waals surface area contributed by atoms with Crippen LogP contribution in [0.1, 0.15) is 18.9 Å². The molecular weight excluding hydrogens is 324 g/mol. The number of amides is 2. The van der Waals surface area contributed by atoms with E-state index in [1.807, 2.05) is 24.3 Å². The second kappa shape index (κ2) is 5.83. The Bertz CT molecular complexity index is 535. The lowest BCUT2D eigenvalue weighted by Gasteiger charge is -2.20. The lowest BCUT2D eigenvalue weighted by molar-refractivity contribution is -0.146. The Morgan fingerprint density at radius 2 is 2.15 bits per heavy atom. The first-order valence-corrected chi connectivity index (χ1v) is 7.21. The van der Waals surface area contributed by atoms with Crippen molar-refractivity contribution in [3.63, 3.8) is 0 Å². The van der Waals surface area contributed by atoms with Crippen molar-refractivity contribution in [3.05, 3.63) is 34.3 Å². The van der Waals surface area contributed by atoms with Crippen LogP contribution in [0.3, 0.4) is 0 Å². The predicted octanol–water partition coefficient (Wildman–Crippen LogP) is 2.46. The van der Waals surface area contributed by atoms with E-state index in [-0.39, 0.29) is 12.6 Å². The first-order valence-electron chi connectivity index (χ1n) is 6.42. The van der Waals surface area contributed by atoms with Gasteiger partial charge in [0.1, 0.15) is 0 Å². The molecule has 6 heteroatoms. The van der Waals surface area contributed by atoms with Gasteiger partial charge in [0.2, 0.25) is 0 Å². The van der Waals surface area contributed by atoms with Gasteiger partial charge in [-0.15, -0.1) is 0 Å². The lowest BCUT2D eigenvalue weighted by Crippen LogP contribution is -2.40. The van der Waals surface area contributed by atoms with E-state index in [0.29, 0.717) is 19.5 Å². The van der Waals surface area contributed by atoms with Crippen LogP contribution in [0.25, 0.3) is 0 Å². The fourth-order valence-corrected chi connectivity index (χ4v) is 2.66. The first kappa shape index (κ1) is 14.8. The standard InChI is InChI=1S/C14H17BrN2O3/c1-14(12(18)19)6-7-17(9-14)13(20)16-8-10-4-2-3-5-11(10)15/h2-5H,6-9H2,1H3,(H,16,20)(H,18,19). The number of likely N-dealkylation sites (tertiary alicyclic amines) is 1. The van der Waals surface area contributed by atoms with E-state index in [2.05, 4.69) is 21.2 Å². The third-order valence-electron chi connectivity index (χ3n) is 3.66. The molecule has 1 fully saturated rings. The van der Waals surface area contributed by atoms with Crippen LogP contribution in [0.15, 0.2) is 28.7 Å². The van der Waals surface area contributed by atoms with E-state index in [1.54, 1.807) is 11.8 Å². The number of carboxylic acid groups (broad SMARTS) is 1. The number of carboxylic acids is 1. The molecule has 108 valence electrons. The maximum atomic E-state index is 12.0. The Kier molecular flexibility index (Phi) is 4.32. The van der Waals surface area contributed by atoms with E-state index in [1.165, 1.54) is 0 Å². The molecule has 0 aliphatic carbocycles. The van der Waals surface area contributed by atoms with Crippen LogP contribution < -0.4 is 5.32 Å². The first-order chi connectivity index (χ1) is 9.42. The maximum Gasteiger partial charge on any atom is 0.317 e. The zero-order valence-corrected chi connectivity index (χ0v) is 12.8. The molecule has 2 amide bonds. The van der Waals surface area contributed by atoms with Gasteiger partial charge in [-0.05, 0) is 25.0 Å². The summed E-state index contributed by atoms with van der Waals surface area (Å²) in [6.07, 6.45) is 0.491. The highest BCUT2D eigenvalue weighted by Crippen LogP contribution is 2.30. The molecule has 1 unspecified atom stereocenters. The Morgan fingerprint density at radius 3 is 2.75 bits per heavy atom. The minimum Gasteiger partial charge on any atom is -0.481 e. The number of nitrogens with zero attached hydrogens (tertiary/aromatic N) is 1. The molecule has 1 aliphatic rings. The lowest BCUT2D eigenvalue weighted by atomic mass is 9.90. The molecule has 2 rings (SSSR count). The number of rotatable bonds is 3. The Morgan fingerprint density at radius 1 is 1.45 bits per heavy atom. The van der Waals surface area contributed by atoms with Crippen LogP contribution in [0.4, 0.5) is 4.79 Å². The summed E-state index contributed by atoms with van der Waals surface area (Å²) in [6.45, 7) is 2.83. The largest absolute Gasteiger partial charge is 0.481 e. The van der Waals surface area contributed by atoms with E-state index < -0.39 is 11.4 Å². The Hall–Kier alpha value is -1.56. The highest BCUT2D eigenvalue weighted by atomic mass is 79.9. The fourth-order valence-electron chi connectivity index (χ4n) is 2.23. The quantitative estimate of drug-likeness (QED) is 0.887. The molecule has 1 heterocycles. The van der Waals surface area contributed by atoms with Crippen molar-refractivity contribution >= 4 is 27.9 Å². The van der Waals surface area contributed by atoms with Crippen molar-refractivity contribution in [3.8, 4) is 0 Å². The normalized spacial score (nSPS) is 21.8. The predicted molar refractivity (Wildman–Crippen MR) is 78.3 cm³/mol. The number of halogens is 1. The number of carbonyl (C=O) groups is 2. The Labute approximate surface area is 126 Å². The van der Waals surface area contributed by atoms with Gasteiger partial charge in [0, 0.05) is 24.1 Å². The molecule has 2 N–H and O–H groups in total. The van der Waals surface area contributed by atoms with Crippen molar-refractivity contribution in [2.24, 2.45) is 5.41 Å².